The van der Waals surface area contributed by atoms with Crippen LogP contribution in [0.15, 0.2) is 36.4 Å². The Labute approximate surface area is 141 Å². The number of hydrogen-bond donors (Lipinski definition) is 1. The number of alkyl halides is 3. The standard InChI is InChI=1S/C17H16F3NO2S/c1-11-2-8-15(24-11)14(22)7-9-16(23)21-10-12-3-5-13(6-4-12)17(18,19)20/h2-6,8H,7,9-10H2,1H3,(H,21,23). The van der Waals surface area contributed by atoms with E-state index in [0.29, 0.717) is 10.4 Å². The van der Waals surface area contributed by atoms with Crippen LogP contribution in [0, 0.1) is 6.92 Å². The molecule has 2 rings (SSSR count). The van der Waals surface area contributed by atoms with Gasteiger partial charge >= 0.3 is 6.18 Å². The van der Waals surface area contributed by atoms with Crippen LogP contribution in [0.5, 0.6) is 0 Å². The highest BCUT2D eigenvalue weighted by atomic mass is 32.1. The minimum atomic E-state index is -4.37. The summed E-state index contributed by atoms with van der Waals surface area (Å²) in [6.07, 6.45) is -4.21. The van der Waals surface area contributed by atoms with Gasteiger partial charge in [-0.2, -0.15) is 13.2 Å². The average Bonchev–Trinajstić information content (AvgIpc) is 2.96. The highest BCUT2D eigenvalue weighted by Crippen LogP contribution is 2.29. The molecule has 1 aromatic carbocycles. The van der Waals surface area contributed by atoms with E-state index in [2.05, 4.69) is 5.32 Å². The molecule has 0 radical (unpaired) electrons. The van der Waals surface area contributed by atoms with Gasteiger partial charge in [0.15, 0.2) is 5.78 Å². The van der Waals surface area contributed by atoms with Gasteiger partial charge in [0.05, 0.1) is 10.4 Å². The summed E-state index contributed by atoms with van der Waals surface area (Å²) in [5, 5.41) is 2.60. The summed E-state index contributed by atoms with van der Waals surface area (Å²) >= 11 is 1.39. The minimum Gasteiger partial charge on any atom is -0.352 e. The number of thiophene rings is 1. The molecule has 0 atom stereocenters. The summed E-state index contributed by atoms with van der Waals surface area (Å²) in [6.45, 7) is 2.03. The van der Waals surface area contributed by atoms with Gasteiger partial charge in [-0.15, -0.1) is 11.3 Å². The molecule has 128 valence electrons. The fourth-order valence-electron chi connectivity index (χ4n) is 2.04. The number of carbonyl (C=O) groups excluding carboxylic acids is 2. The maximum absolute atomic E-state index is 12.5. The maximum Gasteiger partial charge on any atom is 0.416 e. The van der Waals surface area contributed by atoms with E-state index in [1.807, 2.05) is 13.0 Å². The van der Waals surface area contributed by atoms with Crippen molar-refractivity contribution in [1.29, 1.82) is 0 Å². The zero-order valence-corrected chi connectivity index (χ0v) is 13.8. The van der Waals surface area contributed by atoms with E-state index >= 15 is 0 Å². The molecule has 0 spiro atoms. The van der Waals surface area contributed by atoms with E-state index in [-0.39, 0.29) is 31.1 Å². The lowest BCUT2D eigenvalue weighted by Crippen LogP contribution is -2.23. The highest BCUT2D eigenvalue weighted by Gasteiger charge is 2.29. The topological polar surface area (TPSA) is 46.2 Å². The van der Waals surface area contributed by atoms with Crippen LogP contribution in [0.3, 0.4) is 0 Å². The largest absolute Gasteiger partial charge is 0.416 e. The SMILES string of the molecule is Cc1ccc(C(=O)CCC(=O)NCc2ccc(C(F)(F)F)cc2)s1. The first-order chi connectivity index (χ1) is 11.3. The molecule has 0 saturated heterocycles. The lowest BCUT2D eigenvalue weighted by Gasteiger charge is -2.08. The molecule has 7 heteroatoms. The van der Waals surface area contributed by atoms with E-state index < -0.39 is 11.7 Å². The zero-order chi connectivity index (χ0) is 17.7. The number of Topliss-reactive ketones (excluding diaryl/α,β-unsaturated/α-hetero) is 1. The fraction of sp³-hybridized carbons (Fsp3) is 0.294. The van der Waals surface area contributed by atoms with Gasteiger partial charge in [-0.25, -0.2) is 0 Å². The summed E-state index contributed by atoms with van der Waals surface area (Å²) in [5.41, 5.74) is -0.161. The summed E-state index contributed by atoms with van der Waals surface area (Å²) in [5.74, 6) is -0.394. The van der Waals surface area contributed by atoms with Gasteiger partial charge in [0, 0.05) is 24.3 Å². The van der Waals surface area contributed by atoms with Gasteiger partial charge in [0.25, 0.3) is 0 Å². The van der Waals surface area contributed by atoms with Crippen LogP contribution in [0.25, 0.3) is 0 Å². The van der Waals surface area contributed by atoms with Crippen molar-refractivity contribution in [2.75, 3.05) is 0 Å². The van der Waals surface area contributed by atoms with E-state index in [4.69, 9.17) is 0 Å². The molecule has 1 amide bonds. The first kappa shape index (κ1) is 18.2. The van der Waals surface area contributed by atoms with Crippen molar-refractivity contribution in [1.82, 2.24) is 5.32 Å². The Bertz CT molecular complexity index is 720. The number of amides is 1. The molecule has 0 aliphatic heterocycles. The third kappa shape index (κ3) is 5.19. The van der Waals surface area contributed by atoms with Crippen molar-refractivity contribution in [2.24, 2.45) is 0 Å². The number of hydrogen-bond acceptors (Lipinski definition) is 3. The van der Waals surface area contributed by atoms with E-state index in [1.165, 1.54) is 23.5 Å². The minimum absolute atomic E-state index is 0.0520. The molecule has 0 fully saturated rings. The smallest absolute Gasteiger partial charge is 0.352 e. The lowest BCUT2D eigenvalue weighted by atomic mass is 10.1. The van der Waals surface area contributed by atoms with Crippen LogP contribution < -0.4 is 5.32 Å². The molecular weight excluding hydrogens is 339 g/mol. The Morgan fingerprint density at radius 1 is 1.04 bits per heavy atom. The van der Waals surface area contributed by atoms with E-state index in [0.717, 1.165) is 17.0 Å². The Balaban J connectivity index is 1.78. The van der Waals surface area contributed by atoms with E-state index in [1.54, 1.807) is 6.07 Å². The van der Waals surface area contributed by atoms with Crippen LogP contribution in [-0.4, -0.2) is 11.7 Å². The van der Waals surface area contributed by atoms with Gasteiger partial charge in [0.1, 0.15) is 0 Å². The quantitative estimate of drug-likeness (QED) is 0.783. The van der Waals surface area contributed by atoms with Crippen LogP contribution >= 0.6 is 11.3 Å². The Morgan fingerprint density at radius 2 is 1.71 bits per heavy atom. The van der Waals surface area contributed by atoms with Crippen molar-refractivity contribution in [3.8, 4) is 0 Å². The molecule has 0 aliphatic rings. The van der Waals surface area contributed by atoms with Crippen molar-refractivity contribution in [2.45, 2.75) is 32.5 Å². The fourth-order valence-corrected chi connectivity index (χ4v) is 2.87. The van der Waals surface area contributed by atoms with Gasteiger partial charge < -0.3 is 5.32 Å². The van der Waals surface area contributed by atoms with Gasteiger partial charge in [-0.1, -0.05) is 12.1 Å². The second-order valence-corrected chi connectivity index (χ2v) is 6.59. The summed E-state index contributed by atoms with van der Waals surface area (Å²) in [7, 11) is 0. The van der Waals surface area contributed by atoms with Gasteiger partial charge in [-0.3, -0.25) is 9.59 Å². The zero-order valence-electron chi connectivity index (χ0n) is 12.9. The number of rotatable bonds is 6. The number of ketones is 1. The Kier molecular flexibility index (Phi) is 5.77. The summed E-state index contributed by atoms with van der Waals surface area (Å²) in [6, 6.07) is 8.19. The molecule has 24 heavy (non-hydrogen) atoms. The number of benzene rings is 1. The van der Waals surface area contributed by atoms with Crippen molar-refractivity contribution >= 4 is 23.0 Å². The molecular formula is C17H16F3NO2S. The second kappa shape index (κ2) is 7.61. The predicted octanol–water partition coefficient (Wildman–Crippen LogP) is 4.35. The van der Waals surface area contributed by atoms with Crippen LogP contribution in [0.1, 0.15) is 38.5 Å². The third-order valence-corrected chi connectivity index (χ3v) is 4.41. The van der Waals surface area contributed by atoms with Crippen molar-refractivity contribution in [3.63, 3.8) is 0 Å². The first-order valence-corrected chi connectivity index (χ1v) is 8.10. The molecule has 0 bridgehead atoms. The number of halogens is 3. The highest BCUT2D eigenvalue weighted by molar-refractivity contribution is 7.14. The second-order valence-electron chi connectivity index (χ2n) is 5.30. The number of aryl methyl sites for hydroxylation is 1. The molecule has 1 heterocycles. The molecule has 2 aromatic rings. The van der Waals surface area contributed by atoms with Gasteiger partial charge in [-0.05, 0) is 36.8 Å². The third-order valence-electron chi connectivity index (χ3n) is 3.37. The Morgan fingerprint density at radius 3 is 2.25 bits per heavy atom. The van der Waals surface area contributed by atoms with Gasteiger partial charge in [0.2, 0.25) is 5.91 Å². The van der Waals surface area contributed by atoms with Crippen LogP contribution in [-0.2, 0) is 17.5 Å². The summed E-state index contributed by atoms with van der Waals surface area (Å²) in [4.78, 5) is 25.3. The number of carbonyl (C=O) groups is 2. The molecule has 0 aliphatic carbocycles. The van der Waals surface area contributed by atoms with E-state index in [9.17, 15) is 22.8 Å². The van der Waals surface area contributed by atoms with Crippen molar-refractivity contribution in [3.05, 3.63) is 57.3 Å². The molecule has 0 saturated carbocycles. The monoisotopic (exact) mass is 355 g/mol. The molecule has 0 unspecified atom stereocenters. The normalized spacial score (nSPS) is 11.3. The van der Waals surface area contributed by atoms with Crippen LogP contribution in [0.4, 0.5) is 13.2 Å². The van der Waals surface area contributed by atoms with Crippen molar-refractivity contribution < 1.29 is 22.8 Å². The maximum atomic E-state index is 12.5. The number of nitrogens with one attached hydrogen (secondary N) is 1. The first-order valence-electron chi connectivity index (χ1n) is 7.28. The molecule has 1 N–H and O–H groups in total. The Hall–Kier alpha value is -2.15. The molecule has 3 nitrogen and oxygen atoms in total. The van der Waals surface area contributed by atoms with Crippen LogP contribution in [0.2, 0.25) is 0 Å². The predicted molar refractivity (Wildman–Crippen MR) is 85.9 cm³/mol. The summed E-state index contributed by atoms with van der Waals surface area (Å²) < 4.78 is 37.4. The molecule has 1 aromatic heterocycles. The average molecular weight is 355 g/mol. The lowest BCUT2D eigenvalue weighted by molar-refractivity contribution is -0.137.